The summed E-state index contributed by atoms with van der Waals surface area (Å²) in [5.41, 5.74) is 3.37. The Bertz CT molecular complexity index is 1280. The maximum absolute atomic E-state index is 13.3. The Morgan fingerprint density at radius 2 is 1.97 bits per heavy atom. The normalized spacial score (nSPS) is 20.5. The van der Waals surface area contributed by atoms with Crippen molar-refractivity contribution < 1.29 is 9.32 Å². The van der Waals surface area contributed by atoms with Gasteiger partial charge in [-0.2, -0.15) is 0 Å². The molecule has 2 heterocycles. The van der Waals surface area contributed by atoms with E-state index in [0.29, 0.717) is 43.0 Å². The number of ketones is 1. The van der Waals surface area contributed by atoms with Gasteiger partial charge >= 0.3 is 5.76 Å². The molecular formula is C28H37N5O3. The molecule has 2 fully saturated rings. The van der Waals surface area contributed by atoms with E-state index < -0.39 is 5.76 Å². The Kier molecular flexibility index (Phi) is 6.95. The van der Waals surface area contributed by atoms with Crippen LogP contribution in [0.1, 0.15) is 104 Å². The van der Waals surface area contributed by atoms with Gasteiger partial charge in [-0.3, -0.25) is 14.3 Å². The molecule has 2 aliphatic rings. The zero-order chi connectivity index (χ0) is 25.4. The molecular weight excluding hydrogens is 454 g/mol. The summed E-state index contributed by atoms with van der Waals surface area (Å²) in [5.74, 6) is 3.61. The van der Waals surface area contributed by atoms with Gasteiger partial charge in [0.25, 0.3) is 0 Å². The number of nitrogens with one attached hydrogen (secondary N) is 1. The first-order valence-corrected chi connectivity index (χ1v) is 13.3. The standard InChI is InChI=1S/C28H37N5O3/c1-16(2)9-19-11-21(12-19)26-30-31-27(33(26)23-7-8-23)22(15-25-29-28(35)36-32-25)14-24(34)13-20-6-5-17(3)10-18(20)4/h5-6,10,16,19,21-23H,7-9,11-15H2,1-4H3,(H,29,32,35). The largest absolute Gasteiger partial charge is 0.438 e. The average molecular weight is 492 g/mol. The van der Waals surface area contributed by atoms with Crippen molar-refractivity contribution in [2.45, 2.75) is 96.9 Å². The lowest BCUT2D eigenvalue weighted by Gasteiger charge is -2.36. The molecule has 2 saturated carbocycles. The highest BCUT2D eigenvalue weighted by atomic mass is 16.5. The fourth-order valence-corrected chi connectivity index (χ4v) is 5.83. The number of benzene rings is 1. The van der Waals surface area contributed by atoms with Gasteiger partial charge in [-0.25, -0.2) is 4.79 Å². The third-order valence-electron chi connectivity index (χ3n) is 7.72. The molecule has 8 nitrogen and oxygen atoms in total. The first kappa shape index (κ1) is 24.7. The van der Waals surface area contributed by atoms with Crippen molar-refractivity contribution in [2.75, 3.05) is 0 Å². The van der Waals surface area contributed by atoms with Crippen molar-refractivity contribution in [3.8, 4) is 0 Å². The lowest BCUT2D eigenvalue weighted by atomic mass is 9.71. The Morgan fingerprint density at radius 1 is 1.19 bits per heavy atom. The Labute approximate surface area is 211 Å². The first-order chi connectivity index (χ1) is 17.3. The lowest BCUT2D eigenvalue weighted by Crippen LogP contribution is -2.26. The van der Waals surface area contributed by atoms with Crippen LogP contribution in [0.2, 0.25) is 0 Å². The van der Waals surface area contributed by atoms with Crippen LogP contribution < -0.4 is 5.76 Å². The molecule has 0 aliphatic heterocycles. The minimum absolute atomic E-state index is 0.144. The summed E-state index contributed by atoms with van der Waals surface area (Å²) in [4.78, 5) is 27.5. The topological polar surface area (TPSA) is 107 Å². The maximum atomic E-state index is 13.3. The van der Waals surface area contributed by atoms with Crippen LogP contribution in [-0.2, 0) is 17.6 Å². The SMILES string of the molecule is Cc1ccc(CC(=O)CC(Cc2noc(=O)[nH]2)c2nnc(C3CC(CC(C)C)C3)n2C2CC2)c(C)c1. The highest BCUT2D eigenvalue weighted by Crippen LogP contribution is 2.48. The fraction of sp³-hybridized carbons (Fsp3) is 0.607. The van der Waals surface area contributed by atoms with E-state index >= 15 is 0 Å². The highest BCUT2D eigenvalue weighted by Gasteiger charge is 2.39. The molecule has 0 amide bonds. The summed E-state index contributed by atoms with van der Waals surface area (Å²) in [6.45, 7) is 8.68. The van der Waals surface area contributed by atoms with E-state index in [1.54, 1.807) is 0 Å². The molecule has 1 N–H and O–H groups in total. The molecule has 1 atom stereocenters. The van der Waals surface area contributed by atoms with Crippen molar-refractivity contribution in [1.82, 2.24) is 24.9 Å². The number of carbonyl (C=O) groups excluding carboxylic acids is 1. The van der Waals surface area contributed by atoms with Gasteiger partial charge in [0.05, 0.1) is 0 Å². The second kappa shape index (κ2) is 10.1. The predicted molar refractivity (Wildman–Crippen MR) is 136 cm³/mol. The first-order valence-electron chi connectivity index (χ1n) is 13.3. The molecule has 36 heavy (non-hydrogen) atoms. The average Bonchev–Trinajstić information content (AvgIpc) is 3.40. The minimum Gasteiger partial charge on any atom is -0.311 e. The molecule has 0 radical (unpaired) electrons. The van der Waals surface area contributed by atoms with Crippen LogP contribution in [0, 0.1) is 25.7 Å². The van der Waals surface area contributed by atoms with E-state index in [4.69, 9.17) is 4.52 Å². The molecule has 8 heteroatoms. The molecule has 3 aromatic rings. The summed E-state index contributed by atoms with van der Waals surface area (Å²) >= 11 is 0. The van der Waals surface area contributed by atoms with Crippen LogP contribution in [0.3, 0.4) is 0 Å². The van der Waals surface area contributed by atoms with E-state index in [1.807, 2.05) is 19.1 Å². The van der Waals surface area contributed by atoms with Crippen molar-refractivity contribution in [3.05, 3.63) is 62.9 Å². The molecule has 0 saturated heterocycles. The van der Waals surface area contributed by atoms with E-state index in [-0.39, 0.29) is 11.7 Å². The Balaban J connectivity index is 1.39. The summed E-state index contributed by atoms with van der Waals surface area (Å²) in [6.07, 6.45) is 6.89. The van der Waals surface area contributed by atoms with Crippen LogP contribution in [0.4, 0.5) is 0 Å². The minimum atomic E-state index is -0.583. The smallest absolute Gasteiger partial charge is 0.311 e. The third-order valence-corrected chi connectivity index (χ3v) is 7.72. The van der Waals surface area contributed by atoms with Crippen molar-refractivity contribution in [1.29, 1.82) is 0 Å². The van der Waals surface area contributed by atoms with E-state index in [1.165, 1.54) is 12.0 Å². The second-order valence-corrected chi connectivity index (χ2v) is 11.5. The van der Waals surface area contributed by atoms with E-state index in [9.17, 15) is 9.59 Å². The molecule has 192 valence electrons. The summed E-state index contributed by atoms with van der Waals surface area (Å²) in [6, 6.07) is 6.61. The van der Waals surface area contributed by atoms with Gasteiger partial charge in [-0.1, -0.05) is 42.8 Å². The number of aromatic nitrogens is 5. The van der Waals surface area contributed by atoms with Gasteiger partial charge in [0.1, 0.15) is 17.4 Å². The number of aryl methyl sites for hydroxylation is 2. The molecule has 2 aliphatic carbocycles. The van der Waals surface area contributed by atoms with Gasteiger partial charge in [0.15, 0.2) is 5.82 Å². The van der Waals surface area contributed by atoms with Gasteiger partial charge in [-0.15, -0.1) is 10.2 Å². The lowest BCUT2D eigenvalue weighted by molar-refractivity contribution is -0.118. The quantitative estimate of drug-likeness (QED) is 0.406. The molecule has 5 rings (SSSR count). The number of hydrogen-bond acceptors (Lipinski definition) is 6. The molecule has 0 spiro atoms. The van der Waals surface area contributed by atoms with Crippen LogP contribution in [0.5, 0.6) is 0 Å². The third kappa shape index (κ3) is 5.52. The van der Waals surface area contributed by atoms with Crippen molar-refractivity contribution >= 4 is 5.78 Å². The molecule has 1 aromatic carbocycles. The van der Waals surface area contributed by atoms with Gasteiger partial charge in [0, 0.05) is 37.1 Å². The summed E-state index contributed by atoms with van der Waals surface area (Å²) in [7, 11) is 0. The number of hydrogen-bond donors (Lipinski definition) is 1. The van der Waals surface area contributed by atoms with Crippen molar-refractivity contribution in [3.63, 3.8) is 0 Å². The number of H-pyrrole nitrogens is 1. The zero-order valence-corrected chi connectivity index (χ0v) is 21.8. The Hall–Kier alpha value is -3.03. The monoisotopic (exact) mass is 491 g/mol. The summed E-state index contributed by atoms with van der Waals surface area (Å²) < 4.78 is 7.07. The Morgan fingerprint density at radius 3 is 2.61 bits per heavy atom. The number of rotatable bonds is 11. The van der Waals surface area contributed by atoms with E-state index in [2.05, 4.69) is 51.7 Å². The molecule has 0 bridgehead atoms. The predicted octanol–water partition coefficient (Wildman–Crippen LogP) is 4.97. The summed E-state index contributed by atoms with van der Waals surface area (Å²) in [5, 5.41) is 13.2. The number of carbonyl (C=O) groups is 1. The van der Waals surface area contributed by atoms with Crippen LogP contribution in [-0.4, -0.2) is 30.7 Å². The van der Waals surface area contributed by atoms with Crippen molar-refractivity contribution in [2.24, 2.45) is 11.8 Å². The molecule has 2 aromatic heterocycles. The van der Waals surface area contributed by atoms with Crippen LogP contribution >= 0.6 is 0 Å². The zero-order valence-electron chi connectivity index (χ0n) is 21.8. The number of aromatic amines is 1. The van der Waals surface area contributed by atoms with E-state index in [0.717, 1.165) is 54.4 Å². The fourth-order valence-electron chi connectivity index (χ4n) is 5.83. The highest BCUT2D eigenvalue weighted by molar-refractivity contribution is 5.82. The van der Waals surface area contributed by atoms with Gasteiger partial charge in [-0.05, 0) is 68.9 Å². The maximum Gasteiger partial charge on any atom is 0.438 e. The number of nitrogens with zero attached hydrogens (tertiary/aromatic N) is 4. The molecule has 1 unspecified atom stereocenters. The number of Topliss-reactive ketones (excluding diaryl/α,β-unsaturated/α-hetero) is 1. The second-order valence-electron chi connectivity index (χ2n) is 11.5. The van der Waals surface area contributed by atoms with Gasteiger partial charge in [0.2, 0.25) is 0 Å². The van der Waals surface area contributed by atoms with Crippen LogP contribution in [0.25, 0.3) is 0 Å². The van der Waals surface area contributed by atoms with Gasteiger partial charge < -0.3 is 4.57 Å². The van der Waals surface area contributed by atoms with Crippen LogP contribution in [0.15, 0.2) is 27.5 Å².